The van der Waals surface area contributed by atoms with Crippen LogP contribution in [0.5, 0.6) is 11.5 Å². The topological polar surface area (TPSA) is 85.7 Å². The zero-order chi connectivity index (χ0) is 22.4. The molecule has 2 amide bonds. The smallest absolute Gasteiger partial charge is 0.231 e. The molecule has 164 valence electrons. The van der Waals surface area contributed by atoms with Crippen LogP contribution in [0.4, 0.5) is 11.4 Å². The zero-order valence-corrected chi connectivity index (χ0v) is 17.6. The summed E-state index contributed by atoms with van der Waals surface area (Å²) in [6.07, 6.45) is 1.95. The van der Waals surface area contributed by atoms with Gasteiger partial charge >= 0.3 is 0 Å². The number of imidazole rings is 1. The first-order valence-corrected chi connectivity index (χ1v) is 10.7. The quantitative estimate of drug-likeness (QED) is 0.523. The Morgan fingerprint density at radius 3 is 2.64 bits per heavy atom. The highest BCUT2D eigenvalue weighted by molar-refractivity contribution is 6.03. The Labute approximate surface area is 189 Å². The van der Waals surface area contributed by atoms with Crippen LogP contribution in [-0.4, -0.2) is 34.7 Å². The van der Waals surface area contributed by atoms with E-state index in [1.165, 1.54) is 0 Å². The van der Waals surface area contributed by atoms with Crippen molar-refractivity contribution < 1.29 is 19.1 Å². The Morgan fingerprint density at radius 2 is 1.76 bits per heavy atom. The normalized spacial score (nSPS) is 17.0. The number of hydrogen-bond donors (Lipinski definition) is 1. The van der Waals surface area contributed by atoms with Crippen LogP contribution in [0.3, 0.4) is 0 Å². The van der Waals surface area contributed by atoms with E-state index in [0.717, 1.165) is 16.7 Å². The van der Waals surface area contributed by atoms with E-state index >= 15 is 0 Å². The highest BCUT2D eigenvalue weighted by Crippen LogP contribution is 2.37. The lowest BCUT2D eigenvalue weighted by molar-refractivity contribution is -0.122. The Morgan fingerprint density at radius 1 is 0.970 bits per heavy atom. The molecule has 1 atom stereocenters. The molecule has 0 spiro atoms. The number of hydrogen-bond acceptors (Lipinski definition) is 5. The van der Waals surface area contributed by atoms with Crippen LogP contribution in [0.15, 0.2) is 73.1 Å². The highest BCUT2D eigenvalue weighted by Gasteiger charge is 2.35. The molecule has 2 aliphatic rings. The summed E-state index contributed by atoms with van der Waals surface area (Å²) in [6.45, 7) is 0.497. The lowest BCUT2D eigenvalue weighted by Crippen LogP contribution is -2.28. The van der Waals surface area contributed by atoms with Crippen molar-refractivity contribution in [3.05, 3.63) is 73.1 Å². The number of aromatic nitrogens is 2. The zero-order valence-electron chi connectivity index (χ0n) is 17.6. The second-order valence-electron chi connectivity index (χ2n) is 8.08. The van der Waals surface area contributed by atoms with Gasteiger partial charge in [-0.25, -0.2) is 4.98 Å². The van der Waals surface area contributed by atoms with Crippen molar-refractivity contribution in [2.45, 2.75) is 6.42 Å². The van der Waals surface area contributed by atoms with Crippen molar-refractivity contribution in [3.63, 3.8) is 0 Å². The third-order valence-electron chi connectivity index (χ3n) is 6.03. The van der Waals surface area contributed by atoms with Gasteiger partial charge in [0.15, 0.2) is 11.5 Å². The van der Waals surface area contributed by atoms with Gasteiger partial charge in [0.2, 0.25) is 18.6 Å². The van der Waals surface area contributed by atoms with Gasteiger partial charge in [0, 0.05) is 36.1 Å². The maximum atomic E-state index is 12.9. The van der Waals surface area contributed by atoms with Crippen LogP contribution in [0.2, 0.25) is 0 Å². The summed E-state index contributed by atoms with van der Waals surface area (Å²) >= 11 is 0. The Bertz CT molecular complexity index is 1380. The minimum absolute atomic E-state index is 0.0867. The predicted octanol–water partition coefficient (Wildman–Crippen LogP) is 3.75. The lowest BCUT2D eigenvalue weighted by atomic mass is 10.1. The van der Waals surface area contributed by atoms with E-state index in [0.29, 0.717) is 29.4 Å². The first kappa shape index (κ1) is 19.4. The fraction of sp³-hybridized carbons (Fsp3) is 0.160. The summed E-state index contributed by atoms with van der Waals surface area (Å²) in [5.41, 5.74) is 4.28. The van der Waals surface area contributed by atoms with Crippen LogP contribution in [0, 0.1) is 5.92 Å². The van der Waals surface area contributed by atoms with E-state index in [1.54, 1.807) is 23.4 Å². The molecule has 3 heterocycles. The second kappa shape index (κ2) is 7.67. The first-order chi connectivity index (χ1) is 16.2. The monoisotopic (exact) mass is 440 g/mol. The molecule has 1 saturated heterocycles. The second-order valence-corrected chi connectivity index (χ2v) is 8.08. The largest absolute Gasteiger partial charge is 0.454 e. The molecule has 1 aromatic heterocycles. The Hall–Kier alpha value is -4.33. The molecular formula is C25H20N4O4. The van der Waals surface area contributed by atoms with Gasteiger partial charge in [0.25, 0.3) is 0 Å². The number of nitrogens with zero attached hydrogens (tertiary/aromatic N) is 3. The summed E-state index contributed by atoms with van der Waals surface area (Å²) < 4.78 is 12.7. The molecule has 0 radical (unpaired) electrons. The third-order valence-corrected chi connectivity index (χ3v) is 6.03. The number of para-hydroxylation sites is 2. The molecule has 8 heteroatoms. The van der Waals surface area contributed by atoms with Gasteiger partial charge in [-0.05, 0) is 48.5 Å². The van der Waals surface area contributed by atoms with E-state index in [9.17, 15) is 9.59 Å². The first-order valence-electron chi connectivity index (χ1n) is 10.7. The van der Waals surface area contributed by atoms with Crippen LogP contribution in [-0.2, 0) is 9.59 Å². The molecule has 3 aromatic carbocycles. The molecular weight excluding hydrogens is 420 g/mol. The van der Waals surface area contributed by atoms with Crippen LogP contribution in [0.25, 0.3) is 16.7 Å². The third kappa shape index (κ3) is 3.45. The molecule has 4 aromatic rings. The number of carbonyl (C=O) groups excluding carboxylic acids is 2. The van der Waals surface area contributed by atoms with Crippen LogP contribution in [0.1, 0.15) is 6.42 Å². The molecule has 8 nitrogen and oxygen atoms in total. The molecule has 0 bridgehead atoms. The average molecular weight is 440 g/mol. The number of fused-ring (bicyclic) bond motifs is 2. The van der Waals surface area contributed by atoms with E-state index in [1.807, 2.05) is 59.2 Å². The van der Waals surface area contributed by atoms with Gasteiger partial charge < -0.3 is 19.7 Å². The van der Waals surface area contributed by atoms with E-state index in [4.69, 9.17) is 9.47 Å². The molecule has 6 rings (SSSR count). The molecule has 1 fully saturated rings. The number of benzene rings is 3. The number of ether oxygens (including phenoxy) is 2. The van der Waals surface area contributed by atoms with Crippen molar-refractivity contribution in [1.82, 2.24) is 9.55 Å². The summed E-state index contributed by atoms with van der Waals surface area (Å²) in [7, 11) is 0. The minimum atomic E-state index is -0.430. The summed E-state index contributed by atoms with van der Waals surface area (Å²) in [5, 5.41) is 2.94. The van der Waals surface area contributed by atoms with Gasteiger partial charge in [0.1, 0.15) is 6.33 Å². The fourth-order valence-corrected chi connectivity index (χ4v) is 4.30. The van der Waals surface area contributed by atoms with Gasteiger partial charge in [-0.15, -0.1) is 0 Å². The van der Waals surface area contributed by atoms with Gasteiger partial charge in [0.05, 0.1) is 17.0 Å². The van der Waals surface area contributed by atoms with Crippen molar-refractivity contribution in [2.24, 2.45) is 5.92 Å². The van der Waals surface area contributed by atoms with Crippen molar-refractivity contribution in [3.8, 4) is 17.2 Å². The Kier molecular flexibility index (Phi) is 4.50. The molecule has 0 unspecified atom stereocenters. The maximum Gasteiger partial charge on any atom is 0.231 e. The minimum Gasteiger partial charge on any atom is -0.454 e. The standard InChI is InChI=1S/C25H20N4O4/c30-24-11-16(13-28(24)19-9-10-22-23(12-19)33-15-32-22)25(31)27-17-5-7-18(8-6-17)29-14-26-20-3-1-2-4-21(20)29/h1-10,12,14,16H,11,13,15H2,(H,27,31)/t16-/m1/s1. The van der Waals surface area contributed by atoms with Crippen molar-refractivity contribution in [1.29, 1.82) is 0 Å². The summed E-state index contributed by atoms with van der Waals surface area (Å²) in [5.74, 6) is 0.578. The van der Waals surface area contributed by atoms with Crippen LogP contribution < -0.4 is 19.7 Å². The van der Waals surface area contributed by atoms with Crippen molar-refractivity contribution in [2.75, 3.05) is 23.6 Å². The lowest BCUT2D eigenvalue weighted by Gasteiger charge is -2.17. The molecule has 1 N–H and O–H groups in total. The number of carbonyl (C=O) groups is 2. The molecule has 0 saturated carbocycles. The Balaban J connectivity index is 1.14. The molecule has 33 heavy (non-hydrogen) atoms. The van der Waals surface area contributed by atoms with E-state index in [-0.39, 0.29) is 25.0 Å². The number of anilines is 2. The van der Waals surface area contributed by atoms with Gasteiger partial charge in [-0.2, -0.15) is 0 Å². The highest BCUT2D eigenvalue weighted by atomic mass is 16.7. The number of nitrogens with one attached hydrogen (secondary N) is 1. The van der Waals surface area contributed by atoms with Crippen LogP contribution >= 0.6 is 0 Å². The van der Waals surface area contributed by atoms with Crippen molar-refractivity contribution >= 4 is 34.2 Å². The van der Waals surface area contributed by atoms with E-state index < -0.39 is 5.92 Å². The van der Waals surface area contributed by atoms with Gasteiger partial charge in [-0.1, -0.05) is 12.1 Å². The van der Waals surface area contributed by atoms with Gasteiger partial charge in [-0.3, -0.25) is 14.2 Å². The predicted molar refractivity (Wildman–Crippen MR) is 123 cm³/mol. The van der Waals surface area contributed by atoms with E-state index in [2.05, 4.69) is 10.3 Å². The average Bonchev–Trinajstić information content (AvgIpc) is 3.57. The SMILES string of the molecule is O=C(Nc1ccc(-n2cnc3ccccc32)cc1)[C@@H]1CC(=O)N(c2ccc3c(c2)OCO3)C1. The maximum absolute atomic E-state index is 12.9. The number of amides is 2. The summed E-state index contributed by atoms with van der Waals surface area (Å²) in [6, 6.07) is 20.9. The molecule has 0 aliphatic carbocycles. The fourth-order valence-electron chi connectivity index (χ4n) is 4.30. The molecule has 2 aliphatic heterocycles. The summed E-state index contributed by atoms with van der Waals surface area (Å²) in [4.78, 5) is 31.5. The number of rotatable bonds is 4.